The lowest BCUT2D eigenvalue weighted by Gasteiger charge is -2.19. The van der Waals surface area contributed by atoms with Gasteiger partial charge in [0.15, 0.2) is 0 Å². The van der Waals surface area contributed by atoms with E-state index in [2.05, 4.69) is 10.6 Å². The lowest BCUT2D eigenvalue weighted by Crippen LogP contribution is -2.50. The van der Waals surface area contributed by atoms with Crippen LogP contribution in [0, 0.1) is 17.2 Å². The van der Waals surface area contributed by atoms with E-state index in [0.717, 1.165) is 5.56 Å². The fourth-order valence-corrected chi connectivity index (χ4v) is 1.83. The van der Waals surface area contributed by atoms with E-state index in [9.17, 15) is 9.59 Å². The number of hydrogen-bond donors (Lipinski definition) is 2. The van der Waals surface area contributed by atoms with Crippen molar-refractivity contribution < 1.29 is 14.3 Å². The van der Waals surface area contributed by atoms with Crippen LogP contribution in [0.3, 0.4) is 0 Å². The number of ether oxygens (including phenoxy) is 1. The van der Waals surface area contributed by atoms with E-state index in [4.69, 9.17) is 10.00 Å². The number of amides is 2. The van der Waals surface area contributed by atoms with Crippen LogP contribution < -0.4 is 10.6 Å². The van der Waals surface area contributed by atoms with Crippen LogP contribution in [0.4, 0.5) is 4.79 Å². The molecule has 124 valence electrons. The second-order valence-corrected chi connectivity index (χ2v) is 5.74. The summed E-state index contributed by atoms with van der Waals surface area (Å²) in [5, 5.41) is 13.9. The highest BCUT2D eigenvalue weighted by molar-refractivity contribution is 5.86. The molecule has 0 aliphatic carbocycles. The van der Waals surface area contributed by atoms with E-state index >= 15 is 0 Å². The first-order valence-electron chi connectivity index (χ1n) is 7.59. The molecule has 2 N–H and O–H groups in total. The molecule has 0 heterocycles. The highest BCUT2D eigenvalue weighted by Crippen LogP contribution is 2.04. The Kier molecular flexibility index (Phi) is 7.61. The van der Waals surface area contributed by atoms with Crippen molar-refractivity contribution >= 4 is 12.0 Å². The average Bonchev–Trinajstić information content (AvgIpc) is 2.53. The SMILES string of the molecule is CC(C)COC(=O)NC(Cc1ccccc1)C(=O)NC(C)C#N. The summed E-state index contributed by atoms with van der Waals surface area (Å²) in [5.41, 5.74) is 0.904. The summed E-state index contributed by atoms with van der Waals surface area (Å²) in [7, 11) is 0. The Morgan fingerprint density at radius 2 is 1.83 bits per heavy atom. The van der Waals surface area contributed by atoms with E-state index in [1.807, 2.05) is 50.2 Å². The van der Waals surface area contributed by atoms with Gasteiger partial charge in [0.25, 0.3) is 0 Å². The zero-order valence-corrected chi connectivity index (χ0v) is 13.7. The van der Waals surface area contributed by atoms with Gasteiger partial charge in [-0.3, -0.25) is 4.79 Å². The first kappa shape index (κ1) is 18.5. The first-order valence-corrected chi connectivity index (χ1v) is 7.59. The molecule has 1 aromatic rings. The Balaban J connectivity index is 2.73. The third kappa shape index (κ3) is 7.32. The van der Waals surface area contributed by atoms with Crippen LogP contribution in [-0.2, 0) is 16.0 Å². The zero-order valence-electron chi connectivity index (χ0n) is 13.7. The van der Waals surface area contributed by atoms with Gasteiger partial charge >= 0.3 is 6.09 Å². The molecule has 1 rings (SSSR count). The summed E-state index contributed by atoms with van der Waals surface area (Å²) in [5.74, 6) is -0.204. The van der Waals surface area contributed by atoms with Gasteiger partial charge in [-0.25, -0.2) is 4.79 Å². The summed E-state index contributed by atoms with van der Waals surface area (Å²) in [6.45, 7) is 5.71. The van der Waals surface area contributed by atoms with Gasteiger partial charge in [-0.15, -0.1) is 0 Å². The van der Waals surface area contributed by atoms with Crippen LogP contribution in [0.15, 0.2) is 30.3 Å². The van der Waals surface area contributed by atoms with E-state index < -0.39 is 24.1 Å². The van der Waals surface area contributed by atoms with E-state index in [-0.39, 0.29) is 12.5 Å². The van der Waals surface area contributed by atoms with Crippen LogP contribution in [0.1, 0.15) is 26.3 Å². The van der Waals surface area contributed by atoms with Gasteiger partial charge in [-0.05, 0) is 18.4 Å². The molecule has 23 heavy (non-hydrogen) atoms. The Morgan fingerprint density at radius 1 is 1.17 bits per heavy atom. The minimum Gasteiger partial charge on any atom is -0.449 e. The van der Waals surface area contributed by atoms with Crippen LogP contribution in [-0.4, -0.2) is 30.7 Å². The number of carbonyl (C=O) groups is 2. The normalized spacial score (nSPS) is 12.8. The number of nitrogens with zero attached hydrogens (tertiary/aromatic N) is 1. The summed E-state index contributed by atoms with van der Waals surface area (Å²) in [6, 6.07) is 9.84. The third-order valence-corrected chi connectivity index (χ3v) is 2.99. The van der Waals surface area contributed by atoms with Crippen molar-refractivity contribution in [2.45, 2.75) is 39.3 Å². The number of nitrogens with one attached hydrogen (secondary N) is 2. The second-order valence-electron chi connectivity index (χ2n) is 5.74. The maximum Gasteiger partial charge on any atom is 0.407 e. The summed E-state index contributed by atoms with van der Waals surface area (Å²) in [6.07, 6.45) is -0.318. The molecule has 2 unspecified atom stereocenters. The lowest BCUT2D eigenvalue weighted by molar-refractivity contribution is -0.123. The molecule has 2 atom stereocenters. The van der Waals surface area contributed by atoms with Gasteiger partial charge in [0.05, 0.1) is 12.7 Å². The predicted octanol–water partition coefficient (Wildman–Crippen LogP) is 2.01. The molecule has 0 fully saturated rings. The smallest absolute Gasteiger partial charge is 0.407 e. The molecule has 0 saturated carbocycles. The van der Waals surface area contributed by atoms with Crippen molar-refractivity contribution in [1.29, 1.82) is 5.26 Å². The van der Waals surface area contributed by atoms with Crippen molar-refractivity contribution in [3.8, 4) is 6.07 Å². The Labute approximate surface area is 136 Å². The highest BCUT2D eigenvalue weighted by atomic mass is 16.5. The largest absolute Gasteiger partial charge is 0.449 e. The van der Waals surface area contributed by atoms with Crippen LogP contribution in [0.2, 0.25) is 0 Å². The molecule has 6 nitrogen and oxygen atoms in total. The van der Waals surface area contributed by atoms with Crippen molar-refractivity contribution in [2.24, 2.45) is 5.92 Å². The topological polar surface area (TPSA) is 91.2 Å². The molecular weight excluding hydrogens is 294 g/mol. The van der Waals surface area contributed by atoms with Gasteiger partial charge in [-0.1, -0.05) is 44.2 Å². The number of hydrogen-bond acceptors (Lipinski definition) is 4. The van der Waals surface area contributed by atoms with Crippen molar-refractivity contribution in [1.82, 2.24) is 10.6 Å². The van der Waals surface area contributed by atoms with Crippen molar-refractivity contribution in [3.63, 3.8) is 0 Å². The average molecular weight is 317 g/mol. The molecule has 6 heteroatoms. The molecular formula is C17H23N3O3. The second kappa shape index (κ2) is 9.46. The lowest BCUT2D eigenvalue weighted by atomic mass is 10.1. The van der Waals surface area contributed by atoms with Crippen LogP contribution >= 0.6 is 0 Å². The maximum atomic E-state index is 12.3. The van der Waals surface area contributed by atoms with E-state index in [1.54, 1.807) is 6.92 Å². The maximum absolute atomic E-state index is 12.3. The minimum absolute atomic E-state index is 0.209. The molecule has 0 saturated heterocycles. The summed E-state index contributed by atoms with van der Waals surface area (Å²) in [4.78, 5) is 24.1. The molecule has 1 aromatic carbocycles. The molecule has 0 bridgehead atoms. The van der Waals surface area contributed by atoms with E-state index in [1.165, 1.54) is 0 Å². The number of rotatable bonds is 7. The van der Waals surface area contributed by atoms with E-state index in [0.29, 0.717) is 6.42 Å². The Hall–Kier alpha value is -2.55. The minimum atomic E-state index is -0.798. The number of benzene rings is 1. The molecule has 0 aromatic heterocycles. The van der Waals surface area contributed by atoms with Gasteiger partial charge in [0, 0.05) is 6.42 Å². The molecule has 0 radical (unpaired) electrons. The number of nitriles is 1. The molecule has 0 aliphatic rings. The number of alkyl carbamates (subject to hydrolysis) is 1. The fraction of sp³-hybridized carbons (Fsp3) is 0.471. The standard InChI is InChI=1S/C17H23N3O3/c1-12(2)11-23-17(22)20-15(16(21)19-13(3)10-18)9-14-7-5-4-6-8-14/h4-8,12-13,15H,9,11H2,1-3H3,(H,19,21)(H,20,22). The van der Waals surface area contributed by atoms with Gasteiger partial charge in [0.2, 0.25) is 5.91 Å². The first-order chi connectivity index (χ1) is 10.9. The highest BCUT2D eigenvalue weighted by Gasteiger charge is 2.23. The van der Waals surface area contributed by atoms with Gasteiger partial charge in [0.1, 0.15) is 12.1 Å². The number of carbonyl (C=O) groups excluding carboxylic acids is 2. The summed E-state index contributed by atoms with van der Waals surface area (Å²) < 4.78 is 5.06. The Bertz CT molecular complexity index is 552. The Morgan fingerprint density at radius 3 is 2.39 bits per heavy atom. The van der Waals surface area contributed by atoms with Gasteiger partial charge in [-0.2, -0.15) is 5.26 Å². The van der Waals surface area contributed by atoms with Crippen LogP contribution in [0.5, 0.6) is 0 Å². The van der Waals surface area contributed by atoms with Crippen molar-refractivity contribution in [3.05, 3.63) is 35.9 Å². The monoisotopic (exact) mass is 317 g/mol. The summed E-state index contributed by atoms with van der Waals surface area (Å²) >= 11 is 0. The zero-order chi connectivity index (χ0) is 17.2. The molecule has 0 aliphatic heterocycles. The molecule has 0 spiro atoms. The quantitative estimate of drug-likeness (QED) is 0.804. The van der Waals surface area contributed by atoms with Crippen LogP contribution in [0.25, 0.3) is 0 Å². The van der Waals surface area contributed by atoms with Crippen molar-refractivity contribution in [2.75, 3.05) is 6.61 Å². The van der Waals surface area contributed by atoms with Gasteiger partial charge < -0.3 is 15.4 Å². The fourth-order valence-electron chi connectivity index (χ4n) is 1.83. The molecule has 2 amide bonds. The predicted molar refractivity (Wildman–Crippen MR) is 86.5 cm³/mol. The third-order valence-electron chi connectivity index (χ3n) is 2.99.